The largest absolute Gasteiger partial charge is 0.508 e. The van der Waals surface area contributed by atoms with Crippen LogP contribution in [0.25, 0.3) is 0 Å². The molecule has 2 N–H and O–H groups in total. The second-order valence-corrected chi connectivity index (χ2v) is 9.38. The van der Waals surface area contributed by atoms with Gasteiger partial charge < -0.3 is 15.3 Å². The van der Waals surface area contributed by atoms with E-state index in [2.05, 4.69) is 15.1 Å². The Morgan fingerprint density at radius 1 is 1.03 bits per heavy atom. The molecule has 0 saturated carbocycles. The Kier molecular flexibility index (Phi) is 7.53. The van der Waals surface area contributed by atoms with E-state index in [0.717, 1.165) is 31.9 Å². The fourth-order valence-corrected chi connectivity index (χ4v) is 5.18. The maximum Gasteiger partial charge on any atom is 0.243 e. The van der Waals surface area contributed by atoms with Gasteiger partial charge in [0.05, 0.1) is 11.4 Å². The summed E-state index contributed by atoms with van der Waals surface area (Å²) < 4.78 is 26.8. The van der Waals surface area contributed by atoms with Crippen LogP contribution in [0.15, 0.2) is 53.4 Å². The number of piperazine rings is 1. The highest BCUT2D eigenvalue weighted by atomic mass is 32.2. The van der Waals surface area contributed by atoms with Crippen molar-refractivity contribution < 1.29 is 18.3 Å². The van der Waals surface area contributed by atoms with Gasteiger partial charge in [-0.3, -0.25) is 9.69 Å². The minimum atomic E-state index is -3.57. The van der Waals surface area contributed by atoms with E-state index in [1.165, 1.54) is 10.4 Å². The maximum absolute atomic E-state index is 12.7. The second kappa shape index (κ2) is 10.1. The van der Waals surface area contributed by atoms with E-state index in [9.17, 15) is 18.3 Å². The second-order valence-electron chi connectivity index (χ2n) is 7.44. The zero-order chi connectivity index (χ0) is 22.4. The number of nitrogens with one attached hydrogen (secondary N) is 1. The van der Waals surface area contributed by atoms with Gasteiger partial charge in [-0.05, 0) is 42.5 Å². The number of carbonyl (C=O) groups excluding carboxylic acids is 1. The third-order valence-electron chi connectivity index (χ3n) is 5.42. The Bertz CT molecular complexity index is 983. The number of hydrogen-bond acceptors (Lipinski definition) is 6. The number of amides is 1. The molecule has 1 heterocycles. The van der Waals surface area contributed by atoms with Crippen LogP contribution in [-0.2, 0) is 14.8 Å². The Balaban J connectivity index is 1.55. The molecule has 8 nitrogen and oxygen atoms in total. The van der Waals surface area contributed by atoms with Crippen molar-refractivity contribution in [3.63, 3.8) is 0 Å². The van der Waals surface area contributed by atoms with Crippen LogP contribution in [0.5, 0.6) is 5.75 Å². The van der Waals surface area contributed by atoms with Gasteiger partial charge in [0.2, 0.25) is 15.9 Å². The summed E-state index contributed by atoms with van der Waals surface area (Å²) in [5.74, 6) is 0.0727. The summed E-state index contributed by atoms with van der Waals surface area (Å²) in [6, 6.07) is 13.5. The van der Waals surface area contributed by atoms with Crippen molar-refractivity contribution in [3.05, 3.63) is 48.5 Å². The summed E-state index contributed by atoms with van der Waals surface area (Å²) in [6.07, 6.45) is 0. The third-order valence-corrected chi connectivity index (χ3v) is 7.46. The monoisotopic (exact) mass is 446 g/mol. The fraction of sp³-hybridized carbons (Fsp3) is 0.409. The number of carbonyl (C=O) groups is 1. The lowest BCUT2D eigenvalue weighted by Gasteiger charge is -2.35. The lowest BCUT2D eigenvalue weighted by atomic mass is 10.2. The van der Waals surface area contributed by atoms with Crippen LogP contribution in [0.3, 0.4) is 0 Å². The molecule has 2 aromatic carbocycles. The summed E-state index contributed by atoms with van der Waals surface area (Å²) in [5.41, 5.74) is 1.52. The zero-order valence-electron chi connectivity index (χ0n) is 18.0. The van der Waals surface area contributed by atoms with Crippen LogP contribution in [-0.4, -0.2) is 74.4 Å². The Morgan fingerprint density at radius 2 is 1.68 bits per heavy atom. The molecule has 0 radical (unpaired) electrons. The minimum Gasteiger partial charge on any atom is -0.508 e. The number of rotatable bonds is 8. The van der Waals surface area contributed by atoms with Gasteiger partial charge in [-0.2, -0.15) is 4.31 Å². The average Bonchev–Trinajstić information content (AvgIpc) is 2.76. The minimum absolute atomic E-state index is 0.171. The molecule has 168 valence electrons. The number of phenols is 1. The molecule has 0 aliphatic carbocycles. The number of anilines is 2. The average molecular weight is 447 g/mol. The highest BCUT2D eigenvalue weighted by Crippen LogP contribution is 2.21. The lowest BCUT2D eigenvalue weighted by molar-refractivity contribution is -0.117. The fourth-order valence-electron chi connectivity index (χ4n) is 3.68. The van der Waals surface area contributed by atoms with Gasteiger partial charge in [-0.25, -0.2) is 8.42 Å². The first-order valence-electron chi connectivity index (χ1n) is 10.5. The molecule has 31 heavy (non-hydrogen) atoms. The first-order chi connectivity index (χ1) is 14.8. The van der Waals surface area contributed by atoms with E-state index in [4.69, 9.17) is 0 Å². The van der Waals surface area contributed by atoms with Crippen molar-refractivity contribution in [1.29, 1.82) is 0 Å². The normalized spacial score (nSPS) is 15.3. The molecule has 1 saturated heterocycles. The molecule has 0 bridgehead atoms. The van der Waals surface area contributed by atoms with Gasteiger partial charge in [0.25, 0.3) is 0 Å². The Morgan fingerprint density at radius 3 is 2.29 bits per heavy atom. The van der Waals surface area contributed by atoms with Gasteiger partial charge in [-0.1, -0.05) is 19.9 Å². The SMILES string of the molecule is CCN(CC)S(=O)(=O)c1cccc(NC(=O)CN2CCN(c3ccc(O)cc3)CC2)c1. The molecule has 1 aliphatic heterocycles. The molecular weight excluding hydrogens is 416 g/mol. The van der Waals surface area contributed by atoms with E-state index >= 15 is 0 Å². The van der Waals surface area contributed by atoms with E-state index in [0.29, 0.717) is 18.8 Å². The van der Waals surface area contributed by atoms with E-state index < -0.39 is 10.0 Å². The van der Waals surface area contributed by atoms with Crippen LogP contribution in [0.1, 0.15) is 13.8 Å². The van der Waals surface area contributed by atoms with Crippen molar-refractivity contribution in [2.45, 2.75) is 18.7 Å². The molecule has 1 fully saturated rings. The molecular formula is C22H30N4O4S. The molecule has 0 atom stereocenters. The van der Waals surface area contributed by atoms with Crippen LogP contribution in [0.4, 0.5) is 11.4 Å². The smallest absolute Gasteiger partial charge is 0.243 e. The number of aromatic hydroxyl groups is 1. The Labute approximate surface area is 184 Å². The maximum atomic E-state index is 12.7. The quantitative estimate of drug-likeness (QED) is 0.646. The van der Waals surface area contributed by atoms with Crippen molar-refractivity contribution in [3.8, 4) is 5.75 Å². The highest BCUT2D eigenvalue weighted by Gasteiger charge is 2.23. The topological polar surface area (TPSA) is 93.2 Å². The molecule has 0 aromatic heterocycles. The standard InChI is InChI=1S/C22H30N4O4S/c1-3-26(4-2)31(29,30)21-7-5-6-18(16-21)23-22(28)17-24-12-14-25(15-13-24)19-8-10-20(27)11-9-19/h5-11,16,27H,3-4,12-15,17H2,1-2H3,(H,23,28). The predicted molar refractivity (Wildman–Crippen MR) is 122 cm³/mol. The molecule has 1 amide bonds. The van der Waals surface area contributed by atoms with Crippen LogP contribution in [0, 0.1) is 0 Å². The first kappa shape index (κ1) is 23.1. The van der Waals surface area contributed by atoms with Crippen LogP contribution < -0.4 is 10.2 Å². The van der Waals surface area contributed by atoms with Crippen LogP contribution in [0.2, 0.25) is 0 Å². The summed E-state index contributed by atoms with van der Waals surface area (Å²) in [4.78, 5) is 17.0. The molecule has 3 rings (SSSR count). The summed E-state index contributed by atoms with van der Waals surface area (Å²) in [5, 5.41) is 12.2. The number of hydrogen-bond donors (Lipinski definition) is 2. The van der Waals surface area contributed by atoms with E-state index in [1.54, 1.807) is 44.2 Å². The van der Waals surface area contributed by atoms with Gasteiger partial charge in [0.1, 0.15) is 5.75 Å². The molecule has 9 heteroatoms. The third kappa shape index (κ3) is 5.75. The highest BCUT2D eigenvalue weighted by molar-refractivity contribution is 7.89. The summed E-state index contributed by atoms with van der Waals surface area (Å²) in [7, 11) is -3.57. The van der Waals surface area contributed by atoms with Gasteiger partial charge in [0, 0.05) is 50.6 Å². The van der Waals surface area contributed by atoms with E-state index in [-0.39, 0.29) is 23.1 Å². The summed E-state index contributed by atoms with van der Waals surface area (Å²) in [6.45, 7) is 7.69. The number of sulfonamides is 1. The van der Waals surface area contributed by atoms with Crippen molar-refractivity contribution in [2.75, 3.05) is 56.0 Å². The number of phenolic OH excluding ortho intramolecular Hbond substituents is 1. The first-order valence-corrected chi connectivity index (χ1v) is 11.9. The molecule has 1 aliphatic rings. The van der Waals surface area contributed by atoms with Crippen LogP contribution >= 0.6 is 0 Å². The lowest BCUT2D eigenvalue weighted by Crippen LogP contribution is -2.48. The summed E-state index contributed by atoms with van der Waals surface area (Å²) >= 11 is 0. The van der Waals surface area contributed by atoms with Crippen molar-refractivity contribution >= 4 is 27.3 Å². The predicted octanol–water partition coefficient (Wildman–Crippen LogP) is 2.18. The van der Waals surface area contributed by atoms with Gasteiger partial charge in [-0.15, -0.1) is 0 Å². The van der Waals surface area contributed by atoms with Crippen molar-refractivity contribution in [1.82, 2.24) is 9.21 Å². The zero-order valence-corrected chi connectivity index (χ0v) is 18.8. The van der Waals surface area contributed by atoms with Gasteiger partial charge >= 0.3 is 0 Å². The number of benzene rings is 2. The number of nitrogens with zero attached hydrogens (tertiary/aromatic N) is 3. The van der Waals surface area contributed by atoms with Crippen molar-refractivity contribution in [2.24, 2.45) is 0 Å². The van der Waals surface area contributed by atoms with E-state index in [1.807, 2.05) is 12.1 Å². The molecule has 0 spiro atoms. The Hall–Kier alpha value is -2.62. The van der Waals surface area contributed by atoms with Gasteiger partial charge in [0.15, 0.2) is 0 Å². The molecule has 2 aromatic rings. The molecule has 0 unspecified atom stereocenters.